The van der Waals surface area contributed by atoms with Gasteiger partial charge in [0.2, 0.25) is 0 Å². The van der Waals surface area contributed by atoms with Crippen molar-refractivity contribution in [1.82, 2.24) is 5.43 Å². The molecule has 0 atom stereocenters. The molecule has 0 aliphatic rings. The predicted octanol–water partition coefficient (Wildman–Crippen LogP) is 2.71. The second-order valence-corrected chi connectivity index (χ2v) is 4.97. The number of nitrogens with one attached hydrogen (secondary N) is 2. The van der Waals surface area contributed by atoms with Crippen molar-refractivity contribution < 1.29 is 14.0 Å². The summed E-state index contributed by atoms with van der Waals surface area (Å²) in [5, 5.41) is 6.17. The van der Waals surface area contributed by atoms with Crippen molar-refractivity contribution >= 4 is 23.7 Å². The molecule has 6 nitrogen and oxygen atoms in total. The summed E-state index contributed by atoms with van der Waals surface area (Å²) >= 11 is 0. The average Bonchev–Trinajstić information content (AvgIpc) is 3.07. The Bertz CT molecular complexity index is 661. The van der Waals surface area contributed by atoms with Gasteiger partial charge in [0.1, 0.15) is 5.76 Å². The van der Waals surface area contributed by atoms with Crippen LogP contribution in [0.3, 0.4) is 0 Å². The Kier molecular flexibility index (Phi) is 6.11. The van der Waals surface area contributed by atoms with Gasteiger partial charge in [-0.1, -0.05) is 25.5 Å². The number of anilines is 1. The number of amides is 2. The third-order valence-electron chi connectivity index (χ3n) is 3.14. The number of hydrogen-bond donors (Lipinski definition) is 2. The summed E-state index contributed by atoms with van der Waals surface area (Å²) < 4.78 is 5.01. The SMILES string of the molecule is CCCCc1ccc(NC(=O)C(=O)N/N=C/c2ccco2)cc1. The highest BCUT2D eigenvalue weighted by Crippen LogP contribution is 2.11. The molecule has 0 radical (unpaired) electrons. The van der Waals surface area contributed by atoms with Gasteiger partial charge in [-0.3, -0.25) is 9.59 Å². The second-order valence-electron chi connectivity index (χ2n) is 4.97. The first kappa shape index (κ1) is 16.5. The lowest BCUT2D eigenvalue weighted by Gasteiger charge is -2.05. The highest BCUT2D eigenvalue weighted by atomic mass is 16.3. The number of carbonyl (C=O) groups excluding carboxylic acids is 2. The largest absolute Gasteiger partial charge is 0.463 e. The zero-order valence-corrected chi connectivity index (χ0v) is 12.9. The van der Waals surface area contributed by atoms with Crippen LogP contribution in [-0.2, 0) is 16.0 Å². The summed E-state index contributed by atoms with van der Waals surface area (Å²) in [7, 11) is 0. The van der Waals surface area contributed by atoms with Gasteiger partial charge in [-0.15, -0.1) is 0 Å². The van der Waals surface area contributed by atoms with Crippen LogP contribution in [0.4, 0.5) is 5.69 Å². The molecule has 23 heavy (non-hydrogen) atoms. The van der Waals surface area contributed by atoms with E-state index in [1.807, 2.05) is 12.1 Å². The van der Waals surface area contributed by atoms with Crippen molar-refractivity contribution in [2.75, 3.05) is 5.32 Å². The molecule has 0 bridgehead atoms. The number of carbonyl (C=O) groups is 2. The maximum Gasteiger partial charge on any atom is 0.329 e. The van der Waals surface area contributed by atoms with Crippen molar-refractivity contribution in [2.24, 2.45) is 5.10 Å². The summed E-state index contributed by atoms with van der Waals surface area (Å²) in [5.74, 6) is -1.14. The number of furan rings is 1. The molecule has 0 saturated carbocycles. The lowest BCUT2D eigenvalue weighted by atomic mass is 10.1. The van der Waals surface area contributed by atoms with E-state index in [9.17, 15) is 9.59 Å². The lowest BCUT2D eigenvalue weighted by Crippen LogP contribution is -2.32. The van der Waals surface area contributed by atoms with Crippen molar-refractivity contribution in [2.45, 2.75) is 26.2 Å². The van der Waals surface area contributed by atoms with E-state index in [2.05, 4.69) is 22.8 Å². The van der Waals surface area contributed by atoms with E-state index >= 15 is 0 Å². The zero-order chi connectivity index (χ0) is 16.5. The fraction of sp³-hybridized carbons (Fsp3) is 0.235. The van der Waals surface area contributed by atoms with Gasteiger partial charge in [0.25, 0.3) is 0 Å². The molecule has 1 aromatic carbocycles. The minimum absolute atomic E-state index is 0.480. The van der Waals surface area contributed by atoms with Gasteiger partial charge in [0.05, 0.1) is 12.5 Å². The van der Waals surface area contributed by atoms with Gasteiger partial charge in [0, 0.05) is 5.69 Å². The molecule has 0 spiro atoms. The highest BCUT2D eigenvalue weighted by Gasteiger charge is 2.12. The maximum atomic E-state index is 11.7. The maximum absolute atomic E-state index is 11.7. The van der Waals surface area contributed by atoms with E-state index in [4.69, 9.17) is 4.42 Å². The molecule has 2 amide bonds. The smallest absolute Gasteiger partial charge is 0.329 e. The molecule has 120 valence electrons. The van der Waals surface area contributed by atoms with Crippen LogP contribution in [-0.4, -0.2) is 18.0 Å². The molecule has 0 unspecified atom stereocenters. The summed E-state index contributed by atoms with van der Waals surface area (Å²) in [6, 6.07) is 10.8. The van der Waals surface area contributed by atoms with Crippen molar-refractivity contribution in [1.29, 1.82) is 0 Å². The van der Waals surface area contributed by atoms with Crippen LogP contribution in [0.5, 0.6) is 0 Å². The molecule has 0 saturated heterocycles. The first-order chi connectivity index (χ1) is 11.2. The third kappa shape index (κ3) is 5.43. The van der Waals surface area contributed by atoms with Crippen molar-refractivity contribution in [3.05, 3.63) is 54.0 Å². The molecule has 2 rings (SSSR count). The number of hydrazone groups is 1. The van der Waals surface area contributed by atoms with Crippen LogP contribution in [0, 0.1) is 0 Å². The Labute approximate surface area is 134 Å². The number of rotatable bonds is 6. The topological polar surface area (TPSA) is 83.7 Å². The van der Waals surface area contributed by atoms with Crippen LogP contribution < -0.4 is 10.7 Å². The van der Waals surface area contributed by atoms with E-state index in [1.165, 1.54) is 18.0 Å². The van der Waals surface area contributed by atoms with Gasteiger partial charge in [-0.25, -0.2) is 5.43 Å². The normalized spacial score (nSPS) is 10.7. The summed E-state index contributed by atoms with van der Waals surface area (Å²) in [5.41, 5.74) is 3.91. The Morgan fingerprint density at radius 3 is 2.61 bits per heavy atom. The molecule has 0 aliphatic heterocycles. The lowest BCUT2D eigenvalue weighted by molar-refractivity contribution is -0.136. The summed E-state index contributed by atoms with van der Waals surface area (Å²) in [6.07, 6.45) is 6.07. The fourth-order valence-corrected chi connectivity index (χ4v) is 1.89. The quantitative estimate of drug-likeness (QED) is 0.488. The number of hydrogen-bond acceptors (Lipinski definition) is 4. The summed E-state index contributed by atoms with van der Waals surface area (Å²) in [6.45, 7) is 2.14. The molecule has 2 aromatic rings. The highest BCUT2D eigenvalue weighted by molar-refractivity contribution is 6.39. The van der Waals surface area contributed by atoms with E-state index in [1.54, 1.807) is 24.3 Å². The first-order valence-corrected chi connectivity index (χ1v) is 7.46. The second kappa shape index (κ2) is 8.53. The predicted molar refractivity (Wildman–Crippen MR) is 88.1 cm³/mol. The van der Waals surface area contributed by atoms with Gasteiger partial charge in [0.15, 0.2) is 0 Å². The molecule has 0 aliphatic carbocycles. The minimum atomic E-state index is -0.845. The van der Waals surface area contributed by atoms with Gasteiger partial charge in [-0.2, -0.15) is 5.10 Å². The van der Waals surface area contributed by atoms with E-state index in [-0.39, 0.29) is 0 Å². The molecular formula is C17H19N3O3. The first-order valence-electron chi connectivity index (χ1n) is 7.46. The Hall–Kier alpha value is -2.89. The van der Waals surface area contributed by atoms with Crippen molar-refractivity contribution in [3.63, 3.8) is 0 Å². The summed E-state index contributed by atoms with van der Waals surface area (Å²) in [4.78, 5) is 23.4. The molecule has 1 heterocycles. The molecule has 0 fully saturated rings. The van der Waals surface area contributed by atoms with E-state index in [0.29, 0.717) is 11.4 Å². The van der Waals surface area contributed by atoms with Gasteiger partial charge >= 0.3 is 11.8 Å². The third-order valence-corrected chi connectivity index (χ3v) is 3.14. The Morgan fingerprint density at radius 1 is 1.17 bits per heavy atom. The standard InChI is InChI=1S/C17H19N3O3/c1-2-3-5-13-7-9-14(10-8-13)19-16(21)17(22)20-18-12-15-6-4-11-23-15/h4,6-12H,2-3,5H2,1H3,(H,19,21)(H,20,22)/b18-12+. The average molecular weight is 313 g/mol. The van der Waals surface area contributed by atoms with E-state index in [0.717, 1.165) is 19.3 Å². The van der Waals surface area contributed by atoms with Crippen molar-refractivity contribution in [3.8, 4) is 0 Å². The van der Waals surface area contributed by atoms with Crippen LogP contribution in [0.25, 0.3) is 0 Å². The number of unbranched alkanes of at least 4 members (excludes halogenated alkanes) is 1. The van der Waals surface area contributed by atoms with Gasteiger partial charge in [-0.05, 0) is 42.7 Å². The van der Waals surface area contributed by atoms with Crippen LogP contribution in [0.1, 0.15) is 31.1 Å². The fourth-order valence-electron chi connectivity index (χ4n) is 1.89. The number of aryl methyl sites for hydroxylation is 1. The van der Waals surface area contributed by atoms with E-state index < -0.39 is 11.8 Å². The van der Waals surface area contributed by atoms with Gasteiger partial charge < -0.3 is 9.73 Å². The Morgan fingerprint density at radius 2 is 1.96 bits per heavy atom. The number of nitrogens with zero attached hydrogens (tertiary/aromatic N) is 1. The monoisotopic (exact) mass is 313 g/mol. The molecule has 2 N–H and O–H groups in total. The Balaban J connectivity index is 1.82. The zero-order valence-electron chi connectivity index (χ0n) is 12.9. The number of benzene rings is 1. The molecule has 1 aromatic heterocycles. The van der Waals surface area contributed by atoms with Crippen LogP contribution in [0.2, 0.25) is 0 Å². The van der Waals surface area contributed by atoms with Crippen LogP contribution in [0.15, 0.2) is 52.2 Å². The van der Waals surface area contributed by atoms with Crippen LogP contribution >= 0.6 is 0 Å². The minimum Gasteiger partial charge on any atom is -0.463 e. The molecular weight excluding hydrogens is 294 g/mol. The molecule has 6 heteroatoms.